The van der Waals surface area contributed by atoms with Crippen molar-refractivity contribution < 1.29 is 0 Å². The van der Waals surface area contributed by atoms with E-state index in [1.165, 1.54) is 102 Å². The summed E-state index contributed by atoms with van der Waals surface area (Å²) >= 11 is 1.90. The van der Waals surface area contributed by atoms with Crippen LogP contribution >= 0.6 is 11.3 Å². The third-order valence-corrected chi connectivity index (χ3v) is 16.6. The van der Waals surface area contributed by atoms with Crippen molar-refractivity contribution in [2.75, 3.05) is 9.80 Å². The first-order valence-electron chi connectivity index (χ1n) is 25.7. The van der Waals surface area contributed by atoms with E-state index in [1.54, 1.807) is 0 Å². The van der Waals surface area contributed by atoms with Crippen molar-refractivity contribution in [3.63, 3.8) is 0 Å². The highest BCUT2D eigenvalue weighted by molar-refractivity contribution is 7.26. The lowest BCUT2D eigenvalue weighted by Gasteiger charge is -2.30. The predicted molar refractivity (Wildman–Crippen MR) is 324 cm³/mol. The van der Waals surface area contributed by atoms with Crippen LogP contribution < -0.4 is 9.80 Å². The quantitative estimate of drug-likeness (QED) is 0.170. The van der Waals surface area contributed by atoms with E-state index in [2.05, 4.69) is 289 Å². The van der Waals surface area contributed by atoms with Gasteiger partial charge in [0, 0.05) is 59.4 Å². The highest BCUT2D eigenvalue weighted by Gasteiger charge is 2.27. The van der Waals surface area contributed by atoms with Gasteiger partial charge in [-0.15, -0.1) is 11.3 Å². The molecule has 0 saturated carbocycles. The van der Waals surface area contributed by atoms with Crippen LogP contribution in [0.1, 0.15) is 0 Å². The Hall–Kier alpha value is -9.54. The normalized spacial score (nSPS) is 12.0. The first-order valence-corrected chi connectivity index (χ1v) is 26.6. The van der Waals surface area contributed by atoms with E-state index in [9.17, 15) is 0 Å². The summed E-state index contributed by atoms with van der Waals surface area (Å²) < 4.78 is 2.60. The van der Waals surface area contributed by atoms with Crippen LogP contribution in [0.4, 0.5) is 34.1 Å². The standard InChI is InChI=1S/C72H46N2S/c1-3-19-47(20-4-1)48-35-37-50(38-36-48)73(52-40-44-69-67(46-52)59-29-12-10-26-56(59)61-30-15-17-33-68(61)74(69)49-21-5-2-6-22-49)51-39-41-60-64-42-43-65-62-31-16-18-34-70(62)75-72(65)71(64)63-32-14-13-27-57(63)54-24-8-7-23-53(54)55-25-9-11-28-58(55)66(60)45-51/h1-46H. The van der Waals surface area contributed by atoms with Gasteiger partial charge in [-0.25, -0.2) is 0 Å². The molecule has 0 fully saturated rings. The van der Waals surface area contributed by atoms with Gasteiger partial charge < -0.3 is 9.80 Å². The summed E-state index contributed by atoms with van der Waals surface area (Å²) in [7, 11) is 0. The zero-order valence-corrected chi connectivity index (χ0v) is 41.7. The lowest BCUT2D eigenvalue weighted by molar-refractivity contribution is 1.27. The van der Waals surface area contributed by atoms with Gasteiger partial charge in [-0.3, -0.25) is 0 Å². The molecular formula is C72H46N2S. The lowest BCUT2D eigenvalue weighted by atomic mass is 9.93. The van der Waals surface area contributed by atoms with Crippen LogP contribution in [0.2, 0.25) is 0 Å². The van der Waals surface area contributed by atoms with E-state index in [0.29, 0.717) is 0 Å². The van der Waals surface area contributed by atoms with E-state index < -0.39 is 0 Å². The van der Waals surface area contributed by atoms with E-state index in [4.69, 9.17) is 0 Å². The summed E-state index contributed by atoms with van der Waals surface area (Å²) in [5.41, 5.74) is 13.7. The maximum atomic E-state index is 2.46. The molecule has 2 nitrogen and oxygen atoms in total. The number of nitrogens with zero attached hydrogens (tertiary/aromatic N) is 2. The molecule has 0 atom stereocenters. The van der Waals surface area contributed by atoms with Crippen LogP contribution in [-0.2, 0) is 0 Å². The molecule has 0 unspecified atom stereocenters. The molecule has 0 saturated heterocycles. The van der Waals surface area contributed by atoms with Crippen molar-refractivity contribution in [3.05, 3.63) is 279 Å². The molecule has 2 heterocycles. The molecule has 15 rings (SSSR count). The van der Waals surface area contributed by atoms with Crippen molar-refractivity contribution >= 4 is 119 Å². The van der Waals surface area contributed by atoms with Gasteiger partial charge in [-0.2, -0.15) is 0 Å². The zero-order valence-electron chi connectivity index (χ0n) is 40.9. The van der Waals surface area contributed by atoms with E-state index in [1.807, 2.05) is 11.3 Å². The number of hydrogen-bond acceptors (Lipinski definition) is 3. The second-order valence-electron chi connectivity index (χ2n) is 19.5. The number of fused-ring (bicyclic) bond motifs is 19. The summed E-state index contributed by atoms with van der Waals surface area (Å²) in [4.78, 5) is 4.89. The fourth-order valence-electron chi connectivity index (χ4n) is 12.0. The summed E-state index contributed by atoms with van der Waals surface area (Å²) in [6, 6.07) is 103. The second kappa shape index (κ2) is 17.6. The van der Waals surface area contributed by atoms with Gasteiger partial charge in [0.2, 0.25) is 0 Å². The van der Waals surface area contributed by atoms with Crippen LogP contribution in [0.3, 0.4) is 0 Å². The number of hydrogen-bond donors (Lipinski definition) is 0. The third kappa shape index (κ3) is 7.01. The van der Waals surface area contributed by atoms with Gasteiger partial charge in [0.05, 0.1) is 11.4 Å². The molecule has 3 heteroatoms. The smallest absolute Gasteiger partial charge is 0.0542 e. The van der Waals surface area contributed by atoms with Gasteiger partial charge in [-0.1, -0.05) is 212 Å². The van der Waals surface area contributed by atoms with Crippen molar-refractivity contribution in [2.24, 2.45) is 0 Å². The molecule has 0 spiro atoms. The fraction of sp³-hybridized carbons (Fsp3) is 0. The molecule has 0 amide bonds. The van der Waals surface area contributed by atoms with Crippen molar-refractivity contribution in [2.45, 2.75) is 0 Å². The molecule has 14 aromatic rings. The third-order valence-electron chi connectivity index (χ3n) is 15.4. The molecule has 0 N–H and O–H groups in total. The van der Waals surface area contributed by atoms with E-state index >= 15 is 0 Å². The Labute approximate surface area is 439 Å². The van der Waals surface area contributed by atoms with Crippen LogP contribution in [-0.4, -0.2) is 0 Å². The Bertz CT molecular complexity index is 4650. The molecule has 13 aromatic carbocycles. The van der Waals surface area contributed by atoms with Gasteiger partial charge in [0.15, 0.2) is 0 Å². The Morgan fingerprint density at radius 2 is 0.707 bits per heavy atom. The number of anilines is 6. The van der Waals surface area contributed by atoms with Crippen LogP contribution in [0.25, 0.3) is 107 Å². The SMILES string of the molecule is c1ccc(-c2ccc(N(c3ccc4c(c3)-c3ccccc3-c3ccccc3N4c3ccccc3)c3ccc4c(c3)c3ccccc3c3ccccc3c3ccccc3c3c4ccc4c5ccccc5sc43)cc2)cc1. The molecule has 0 bridgehead atoms. The highest BCUT2D eigenvalue weighted by Crippen LogP contribution is 2.53. The number of thiophene rings is 1. The lowest BCUT2D eigenvalue weighted by Crippen LogP contribution is -2.13. The molecule has 75 heavy (non-hydrogen) atoms. The summed E-state index contributed by atoms with van der Waals surface area (Å²) in [6.45, 7) is 0. The fourth-order valence-corrected chi connectivity index (χ4v) is 13.3. The minimum atomic E-state index is 1.06. The highest BCUT2D eigenvalue weighted by atomic mass is 32.1. The van der Waals surface area contributed by atoms with Gasteiger partial charge in [0.25, 0.3) is 0 Å². The Balaban J connectivity index is 1.06. The molecule has 1 aromatic heterocycles. The van der Waals surface area contributed by atoms with Crippen LogP contribution in [0.5, 0.6) is 0 Å². The molecule has 1 aliphatic heterocycles. The Morgan fingerprint density at radius 1 is 0.267 bits per heavy atom. The maximum Gasteiger partial charge on any atom is 0.0542 e. The molecular weight excluding hydrogens is 925 g/mol. The second-order valence-corrected chi connectivity index (χ2v) is 20.6. The molecule has 1 aliphatic rings. The Kier molecular flexibility index (Phi) is 10.1. The first-order chi connectivity index (χ1) is 37.2. The van der Waals surface area contributed by atoms with Crippen LogP contribution in [0, 0.1) is 0 Å². The first kappa shape index (κ1) is 43.1. The number of rotatable bonds is 5. The minimum Gasteiger partial charge on any atom is -0.310 e. The van der Waals surface area contributed by atoms with Gasteiger partial charge in [-0.05, 0) is 137 Å². The molecule has 0 aliphatic carbocycles. The monoisotopic (exact) mass is 970 g/mol. The number of para-hydroxylation sites is 2. The van der Waals surface area contributed by atoms with Crippen molar-refractivity contribution in [1.29, 1.82) is 0 Å². The van der Waals surface area contributed by atoms with E-state index in [0.717, 1.165) is 39.7 Å². The topological polar surface area (TPSA) is 6.48 Å². The number of benzene rings is 12. The molecule has 350 valence electrons. The van der Waals surface area contributed by atoms with Crippen LogP contribution in [0.15, 0.2) is 279 Å². The average molecular weight is 971 g/mol. The minimum absolute atomic E-state index is 1.06. The maximum absolute atomic E-state index is 2.46. The van der Waals surface area contributed by atoms with Gasteiger partial charge >= 0.3 is 0 Å². The summed E-state index contributed by atoms with van der Waals surface area (Å²) in [5.74, 6) is 0. The average Bonchev–Trinajstić information content (AvgIpc) is 3.86. The van der Waals surface area contributed by atoms with Crippen molar-refractivity contribution in [3.8, 4) is 33.4 Å². The molecule has 0 radical (unpaired) electrons. The summed E-state index contributed by atoms with van der Waals surface area (Å²) in [5, 5.41) is 14.8. The zero-order chi connectivity index (χ0) is 49.4. The summed E-state index contributed by atoms with van der Waals surface area (Å²) in [6.07, 6.45) is 0. The van der Waals surface area contributed by atoms with Crippen molar-refractivity contribution in [1.82, 2.24) is 0 Å². The predicted octanol–water partition coefficient (Wildman–Crippen LogP) is 21.2. The van der Waals surface area contributed by atoms with E-state index in [-0.39, 0.29) is 0 Å². The largest absolute Gasteiger partial charge is 0.310 e. The van der Waals surface area contributed by atoms with Gasteiger partial charge in [0.1, 0.15) is 0 Å². The Morgan fingerprint density at radius 3 is 1.41 bits per heavy atom.